The summed E-state index contributed by atoms with van der Waals surface area (Å²) in [5.74, 6) is -0.963. The Hall–Kier alpha value is -1.62. The van der Waals surface area contributed by atoms with Crippen LogP contribution < -0.4 is 5.32 Å². The summed E-state index contributed by atoms with van der Waals surface area (Å²) in [4.78, 5) is 26.1. The summed E-state index contributed by atoms with van der Waals surface area (Å²) in [6.07, 6.45) is 1.79. The molecular weight excluding hydrogens is 331 g/mol. The maximum atomic E-state index is 13.9. The molecule has 132 valence electrons. The third-order valence-corrected chi connectivity index (χ3v) is 4.33. The van der Waals surface area contributed by atoms with E-state index in [1.807, 2.05) is 20.8 Å². The van der Waals surface area contributed by atoms with Crippen molar-refractivity contribution in [2.45, 2.75) is 46.1 Å². The Labute approximate surface area is 147 Å². The number of benzene rings is 1. The van der Waals surface area contributed by atoms with E-state index in [4.69, 9.17) is 11.6 Å². The van der Waals surface area contributed by atoms with Crippen LogP contribution in [0.4, 0.5) is 4.39 Å². The standard InChI is InChI=1S/C18H24ClFN2O2/c1-18(2,3)11-15(23)21-12-7-9-22(10-8-12)17(24)16-13(19)5-4-6-14(16)20/h4-6,12H,7-11H2,1-3H3,(H,21,23). The molecule has 6 heteroatoms. The van der Waals surface area contributed by atoms with Crippen molar-refractivity contribution in [3.05, 3.63) is 34.6 Å². The van der Waals surface area contributed by atoms with Gasteiger partial charge in [0.1, 0.15) is 5.82 Å². The van der Waals surface area contributed by atoms with Gasteiger partial charge < -0.3 is 10.2 Å². The van der Waals surface area contributed by atoms with Gasteiger partial charge in [0.2, 0.25) is 5.91 Å². The molecule has 0 radical (unpaired) electrons. The molecule has 0 bridgehead atoms. The Kier molecular flexibility index (Phi) is 5.86. The molecular formula is C18H24ClFN2O2. The number of nitrogens with one attached hydrogen (secondary N) is 1. The molecule has 1 saturated heterocycles. The smallest absolute Gasteiger partial charge is 0.258 e. The van der Waals surface area contributed by atoms with Gasteiger partial charge in [-0.2, -0.15) is 0 Å². The van der Waals surface area contributed by atoms with Crippen LogP contribution in [0.3, 0.4) is 0 Å². The second kappa shape index (κ2) is 7.51. The van der Waals surface area contributed by atoms with E-state index in [1.165, 1.54) is 18.2 Å². The fourth-order valence-corrected chi connectivity index (χ4v) is 3.09. The summed E-state index contributed by atoms with van der Waals surface area (Å²) >= 11 is 5.96. The lowest BCUT2D eigenvalue weighted by atomic mass is 9.91. The van der Waals surface area contributed by atoms with E-state index in [2.05, 4.69) is 5.32 Å². The summed E-state index contributed by atoms with van der Waals surface area (Å²) in [7, 11) is 0. The van der Waals surface area contributed by atoms with Gasteiger partial charge in [-0.05, 0) is 30.4 Å². The molecule has 0 unspecified atom stereocenters. The average molecular weight is 355 g/mol. The number of likely N-dealkylation sites (tertiary alicyclic amines) is 1. The monoisotopic (exact) mass is 354 g/mol. The fraction of sp³-hybridized carbons (Fsp3) is 0.556. The lowest BCUT2D eigenvalue weighted by Gasteiger charge is -2.33. The van der Waals surface area contributed by atoms with Crippen molar-refractivity contribution in [1.82, 2.24) is 10.2 Å². The number of hydrogen-bond donors (Lipinski definition) is 1. The van der Waals surface area contributed by atoms with Gasteiger partial charge in [-0.15, -0.1) is 0 Å². The Morgan fingerprint density at radius 3 is 2.46 bits per heavy atom. The molecule has 1 aromatic rings. The molecule has 0 aliphatic carbocycles. The number of amides is 2. The zero-order valence-corrected chi connectivity index (χ0v) is 15.1. The van der Waals surface area contributed by atoms with E-state index < -0.39 is 11.7 Å². The summed E-state index contributed by atoms with van der Waals surface area (Å²) in [5, 5.41) is 3.15. The van der Waals surface area contributed by atoms with Gasteiger partial charge in [0.25, 0.3) is 5.91 Å². The van der Waals surface area contributed by atoms with Gasteiger partial charge in [0, 0.05) is 25.6 Å². The zero-order chi connectivity index (χ0) is 17.9. The molecule has 24 heavy (non-hydrogen) atoms. The Bertz CT molecular complexity index is 600. The van der Waals surface area contributed by atoms with E-state index in [-0.39, 0.29) is 28.0 Å². The first-order valence-corrected chi connectivity index (χ1v) is 8.58. The number of rotatable bonds is 3. The quantitative estimate of drug-likeness (QED) is 0.901. The molecule has 0 atom stereocenters. The number of carbonyl (C=O) groups excluding carboxylic acids is 2. The third-order valence-electron chi connectivity index (χ3n) is 4.01. The molecule has 1 aliphatic rings. The van der Waals surface area contributed by atoms with E-state index >= 15 is 0 Å². The van der Waals surface area contributed by atoms with E-state index in [0.29, 0.717) is 32.4 Å². The van der Waals surface area contributed by atoms with Crippen molar-refractivity contribution in [2.75, 3.05) is 13.1 Å². The molecule has 1 aliphatic heterocycles. The van der Waals surface area contributed by atoms with Gasteiger partial charge in [-0.1, -0.05) is 38.4 Å². The Morgan fingerprint density at radius 1 is 1.29 bits per heavy atom. The van der Waals surface area contributed by atoms with Crippen molar-refractivity contribution >= 4 is 23.4 Å². The summed E-state index contributed by atoms with van der Waals surface area (Å²) in [6.45, 7) is 7.01. The molecule has 1 N–H and O–H groups in total. The van der Waals surface area contributed by atoms with Crippen molar-refractivity contribution in [2.24, 2.45) is 5.41 Å². The van der Waals surface area contributed by atoms with E-state index in [0.717, 1.165) is 0 Å². The zero-order valence-electron chi connectivity index (χ0n) is 14.4. The molecule has 0 saturated carbocycles. The maximum absolute atomic E-state index is 13.9. The first-order valence-electron chi connectivity index (χ1n) is 8.20. The predicted octanol–water partition coefficient (Wildman–Crippen LogP) is 3.64. The van der Waals surface area contributed by atoms with Crippen LogP contribution in [0.5, 0.6) is 0 Å². The third kappa shape index (κ3) is 4.94. The molecule has 2 rings (SSSR count). The molecule has 1 fully saturated rings. The van der Waals surface area contributed by atoms with Crippen LogP contribution in [0.25, 0.3) is 0 Å². The van der Waals surface area contributed by atoms with Gasteiger partial charge >= 0.3 is 0 Å². The molecule has 1 heterocycles. The van der Waals surface area contributed by atoms with Crippen LogP contribution in [0.2, 0.25) is 5.02 Å². The molecule has 1 aromatic carbocycles. The minimum absolute atomic E-state index is 0.0319. The van der Waals surface area contributed by atoms with E-state index in [9.17, 15) is 14.0 Å². The molecule has 0 spiro atoms. The number of nitrogens with zero attached hydrogens (tertiary/aromatic N) is 1. The number of halogens is 2. The minimum Gasteiger partial charge on any atom is -0.353 e. The van der Waals surface area contributed by atoms with Crippen molar-refractivity contribution < 1.29 is 14.0 Å². The fourth-order valence-electron chi connectivity index (χ4n) is 2.85. The lowest BCUT2D eigenvalue weighted by Crippen LogP contribution is -2.47. The summed E-state index contributed by atoms with van der Waals surface area (Å²) in [5.41, 5.74) is -0.128. The number of carbonyl (C=O) groups is 2. The Balaban J connectivity index is 1.91. The van der Waals surface area contributed by atoms with E-state index in [1.54, 1.807) is 4.90 Å². The van der Waals surface area contributed by atoms with Crippen LogP contribution >= 0.6 is 11.6 Å². The van der Waals surface area contributed by atoms with Gasteiger partial charge in [0.05, 0.1) is 10.6 Å². The largest absolute Gasteiger partial charge is 0.353 e. The van der Waals surface area contributed by atoms with Crippen LogP contribution in [0.1, 0.15) is 50.4 Å². The van der Waals surface area contributed by atoms with Gasteiger partial charge in [-0.25, -0.2) is 4.39 Å². The van der Waals surface area contributed by atoms with Crippen LogP contribution in [0, 0.1) is 11.2 Å². The molecule has 0 aromatic heterocycles. The normalized spacial score (nSPS) is 16.1. The second-order valence-electron chi connectivity index (χ2n) is 7.47. The number of piperidine rings is 1. The predicted molar refractivity (Wildman–Crippen MR) is 92.6 cm³/mol. The molecule has 2 amide bonds. The maximum Gasteiger partial charge on any atom is 0.258 e. The Morgan fingerprint density at radius 2 is 1.92 bits per heavy atom. The van der Waals surface area contributed by atoms with Crippen molar-refractivity contribution in [1.29, 1.82) is 0 Å². The number of hydrogen-bond acceptors (Lipinski definition) is 2. The van der Waals surface area contributed by atoms with Crippen LogP contribution in [-0.4, -0.2) is 35.8 Å². The SMILES string of the molecule is CC(C)(C)CC(=O)NC1CCN(C(=O)c2c(F)cccc2Cl)CC1. The van der Waals surface area contributed by atoms with Crippen molar-refractivity contribution in [3.63, 3.8) is 0 Å². The van der Waals surface area contributed by atoms with Gasteiger partial charge in [0.15, 0.2) is 0 Å². The minimum atomic E-state index is -0.604. The second-order valence-corrected chi connectivity index (χ2v) is 7.88. The topological polar surface area (TPSA) is 49.4 Å². The summed E-state index contributed by atoms with van der Waals surface area (Å²) in [6, 6.07) is 4.28. The average Bonchev–Trinajstić information content (AvgIpc) is 2.45. The first-order chi connectivity index (χ1) is 11.2. The highest BCUT2D eigenvalue weighted by Gasteiger charge is 2.28. The molecule has 4 nitrogen and oxygen atoms in total. The highest BCUT2D eigenvalue weighted by Crippen LogP contribution is 2.23. The lowest BCUT2D eigenvalue weighted by molar-refractivity contribution is -0.123. The van der Waals surface area contributed by atoms with Crippen LogP contribution in [0.15, 0.2) is 18.2 Å². The van der Waals surface area contributed by atoms with Crippen LogP contribution in [-0.2, 0) is 4.79 Å². The highest BCUT2D eigenvalue weighted by atomic mass is 35.5. The summed E-state index contributed by atoms with van der Waals surface area (Å²) < 4.78 is 13.9. The first kappa shape index (κ1) is 18.7. The van der Waals surface area contributed by atoms with Gasteiger partial charge in [-0.3, -0.25) is 9.59 Å². The highest BCUT2D eigenvalue weighted by molar-refractivity contribution is 6.33. The van der Waals surface area contributed by atoms with Crippen molar-refractivity contribution in [3.8, 4) is 0 Å².